The lowest BCUT2D eigenvalue weighted by atomic mass is 9.76. The van der Waals surface area contributed by atoms with Crippen molar-refractivity contribution >= 4 is 17.9 Å². The Balaban J connectivity index is 1.84. The molecule has 6 atom stereocenters. The van der Waals surface area contributed by atoms with E-state index in [-0.39, 0.29) is 18.8 Å². The molecule has 180 valence electrons. The summed E-state index contributed by atoms with van der Waals surface area (Å²) in [6.45, 7) is 3.85. The van der Waals surface area contributed by atoms with E-state index in [9.17, 15) is 39.9 Å². The molecule has 2 bridgehead atoms. The van der Waals surface area contributed by atoms with Gasteiger partial charge in [0.05, 0.1) is 0 Å². The lowest BCUT2D eigenvalue weighted by molar-refractivity contribution is -0.372. The fourth-order valence-corrected chi connectivity index (χ4v) is 4.73. The molecule has 2 aliphatic rings. The molecule has 2 saturated heterocycles. The summed E-state index contributed by atoms with van der Waals surface area (Å²) >= 11 is 0. The van der Waals surface area contributed by atoms with Gasteiger partial charge in [-0.3, -0.25) is 0 Å². The van der Waals surface area contributed by atoms with Crippen molar-refractivity contribution in [3.05, 3.63) is 47.5 Å². The zero-order valence-electron chi connectivity index (χ0n) is 18.3. The van der Waals surface area contributed by atoms with Crippen molar-refractivity contribution in [3.8, 4) is 0 Å². The summed E-state index contributed by atoms with van der Waals surface area (Å²) < 4.78 is 10.8. The van der Waals surface area contributed by atoms with Gasteiger partial charge in [-0.2, -0.15) is 0 Å². The molecule has 6 unspecified atom stereocenters. The highest BCUT2D eigenvalue weighted by Crippen LogP contribution is 2.54. The number of hydrogen-bond donors (Lipinski definition) is 5. The highest BCUT2D eigenvalue weighted by atomic mass is 16.8. The van der Waals surface area contributed by atoms with Gasteiger partial charge in [-0.15, -0.1) is 0 Å². The van der Waals surface area contributed by atoms with Crippen molar-refractivity contribution in [1.29, 1.82) is 0 Å². The van der Waals surface area contributed by atoms with Crippen LogP contribution in [0.4, 0.5) is 0 Å². The molecule has 2 heterocycles. The summed E-state index contributed by atoms with van der Waals surface area (Å²) in [6.07, 6.45) is -2.07. The second kappa shape index (κ2) is 8.86. The molecule has 0 radical (unpaired) electrons. The van der Waals surface area contributed by atoms with E-state index in [1.54, 1.807) is 0 Å². The molecule has 2 aliphatic heterocycles. The maximum atomic E-state index is 12.0. The van der Waals surface area contributed by atoms with Crippen LogP contribution in [0.1, 0.15) is 38.7 Å². The van der Waals surface area contributed by atoms with Crippen molar-refractivity contribution in [2.45, 2.75) is 68.7 Å². The quantitative estimate of drug-likeness (QED) is 0.334. The van der Waals surface area contributed by atoms with Crippen molar-refractivity contribution in [3.63, 3.8) is 0 Å². The number of carboxylic acids is 3. The number of fused-ring (bicyclic) bond motifs is 2. The maximum Gasteiger partial charge on any atom is 0.342 e. The first-order valence-corrected chi connectivity index (χ1v) is 10.6. The Kier molecular flexibility index (Phi) is 6.67. The predicted octanol–water partition coefficient (Wildman–Crippen LogP) is 1.19. The summed E-state index contributed by atoms with van der Waals surface area (Å²) in [4.78, 5) is 35.6. The van der Waals surface area contributed by atoms with Crippen molar-refractivity contribution in [2.24, 2.45) is 5.92 Å². The largest absolute Gasteiger partial charge is 0.479 e. The molecule has 0 spiro atoms. The average molecular weight is 464 g/mol. The topological polar surface area (TPSA) is 171 Å². The van der Waals surface area contributed by atoms with E-state index in [1.807, 2.05) is 50.3 Å². The number of carboxylic acid groups (broad SMARTS) is 3. The minimum Gasteiger partial charge on any atom is -0.479 e. The van der Waals surface area contributed by atoms with Crippen LogP contribution in [0.5, 0.6) is 0 Å². The average Bonchev–Trinajstić information content (AvgIpc) is 3.00. The van der Waals surface area contributed by atoms with Crippen LogP contribution in [-0.4, -0.2) is 72.6 Å². The molecule has 1 aromatic carbocycles. The van der Waals surface area contributed by atoms with E-state index in [2.05, 4.69) is 0 Å². The van der Waals surface area contributed by atoms with Gasteiger partial charge < -0.3 is 35.0 Å². The number of aliphatic hydroxyl groups excluding tert-OH is 1. The number of aliphatic hydroxyl groups is 2. The Labute approximate surface area is 190 Å². The smallest absolute Gasteiger partial charge is 0.342 e. The molecular weight excluding hydrogens is 436 g/mol. The van der Waals surface area contributed by atoms with Gasteiger partial charge in [-0.1, -0.05) is 48.9 Å². The zero-order chi connectivity index (χ0) is 24.6. The number of carbonyl (C=O) groups is 3. The lowest BCUT2D eigenvalue weighted by Crippen LogP contribution is -2.75. The summed E-state index contributed by atoms with van der Waals surface area (Å²) in [5.41, 5.74) is -4.31. The van der Waals surface area contributed by atoms with E-state index in [0.29, 0.717) is 0 Å². The van der Waals surface area contributed by atoms with Gasteiger partial charge in [0.1, 0.15) is 6.10 Å². The zero-order valence-corrected chi connectivity index (χ0v) is 18.3. The standard InChI is InChI=1S/C23H28O10/c1-13(10-14(2)11-15-6-4-3-5-7-15)8-9-22-16(24)12-21(33-22,19(27)28)23(31,20(29)30)17(32-22)18(25)26/h3-7,10,14,16-17,24,31H,8-9,11-12H2,1-2H3,(H,25,26)(H,27,28)(H,29,30). The van der Waals surface area contributed by atoms with Gasteiger partial charge in [-0.05, 0) is 31.2 Å². The molecule has 0 aromatic heterocycles. The first kappa shape index (κ1) is 24.8. The van der Waals surface area contributed by atoms with Gasteiger partial charge in [-0.25, -0.2) is 14.4 Å². The number of rotatable bonds is 9. The monoisotopic (exact) mass is 464 g/mol. The van der Waals surface area contributed by atoms with Crippen LogP contribution in [0.25, 0.3) is 0 Å². The van der Waals surface area contributed by atoms with Gasteiger partial charge >= 0.3 is 17.9 Å². The van der Waals surface area contributed by atoms with Crippen LogP contribution in [0, 0.1) is 5.92 Å². The fourth-order valence-electron chi connectivity index (χ4n) is 4.73. The van der Waals surface area contributed by atoms with Crippen LogP contribution in [0.3, 0.4) is 0 Å². The third kappa shape index (κ3) is 4.15. The van der Waals surface area contributed by atoms with E-state index >= 15 is 0 Å². The second-order valence-electron chi connectivity index (χ2n) is 8.85. The molecule has 10 heteroatoms. The van der Waals surface area contributed by atoms with Crippen LogP contribution in [0.2, 0.25) is 0 Å². The van der Waals surface area contributed by atoms with Gasteiger partial charge in [0, 0.05) is 12.8 Å². The Hall–Kier alpha value is -2.79. The lowest BCUT2D eigenvalue weighted by Gasteiger charge is -2.48. The maximum absolute atomic E-state index is 12.0. The molecule has 3 rings (SSSR count). The molecule has 10 nitrogen and oxygen atoms in total. The number of benzene rings is 1. The van der Waals surface area contributed by atoms with Gasteiger partial charge in [0.15, 0.2) is 5.79 Å². The molecule has 1 aromatic rings. The van der Waals surface area contributed by atoms with Crippen molar-refractivity contribution in [2.75, 3.05) is 0 Å². The van der Waals surface area contributed by atoms with E-state index in [0.717, 1.165) is 17.6 Å². The van der Waals surface area contributed by atoms with Crippen LogP contribution >= 0.6 is 0 Å². The van der Waals surface area contributed by atoms with Crippen LogP contribution in [-0.2, 0) is 30.3 Å². The first-order chi connectivity index (χ1) is 15.4. The summed E-state index contributed by atoms with van der Waals surface area (Å²) in [7, 11) is 0. The van der Waals surface area contributed by atoms with Gasteiger partial charge in [0.25, 0.3) is 0 Å². The highest BCUT2D eigenvalue weighted by molar-refractivity contribution is 5.97. The van der Waals surface area contributed by atoms with Crippen molar-refractivity contribution < 1.29 is 49.4 Å². The Morgan fingerprint density at radius 2 is 1.79 bits per heavy atom. The molecular formula is C23H28O10. The molecule has 2 fully saturated rings. The summed E-state index contributed by atoms with van der Waals surface area (Å²) in [5.74, 6) is -7.84. The highest BCUT2D eigenvalue weighted by Gasteiger charge is 2.80. The first-order valence-electron chi connectivity index (χ1n) is 10.6. The Morgan fingerprint density at radius 3 is 2.33 bits per heavy atom. The SMILES string of the molecule is CC(=CC(C)Cc1ccccc1)CCC12OC(C(=O)O)C(O)(C(=O)O)C(C(=O)O)(CC1O)O2. The molecule has 0 saturated carbocycles. The summed E-state index contributed by atoms with van der Waals surface area (Å²) in [6, 6.07) is 9.85. The van der Waals surface area contributed by atoms with Crippen LogP contribution < -0.4 is 0 Å². The number of allylic oxidation sites excluding steroid dienone is 2. The minimum atomic E-state index is -3.44. The third-order valence-electron chi connectivity index (χ3n) is 6.38. The Morgan fingerprint density at radius 1 is 1.15 bits per heavy atom. The van der Waals surface area contributed by atoms with E-state index < -0.39 is 53.5 Å². The van der Waals surface area contributed by atoms with Crippen LogP contribution in [0.15, 0.2) is 42.0 Å². The molecule has 0 aliphatic carbocycles. The number of aliphatic carboxylic acids is 3. The number of ether oxygens (including phenoxy) is 2. The number of hydrogen-bond acceptors (Lipinski definition) is 7. The molecule has 5 N–H and O–H groups in total. The fraction of sp³-hybridized carbons (Fsp3) is 0.522. The van der Waals surface area contributed by atoms with Crippen molar-refractivity contribution in [1.82, 2.24) is 0 Å². The molecule has 33 heavy (non-hydrogen) atoms. The summed E-state index contributed by atoms with van der Waals surface area (Å²) in [5, 5.41) is 50.2. The minimum absolute atomic E-state index is 0.136. The van der Waals surface area contributed by atoms with E-state index in [1.165, 1.54) is 0 Å². The normalized spacial score (nSPS) is 34.6. The van der Waals surface area contributed by atoms with Gasteiger partial charge in [0.2, 0.25) is 17.3 Å². The third-order valence-corrected chi connectivity index (χ3v) is 6.38. The predicted molar refractivity (Wildman–Crippen MR) is 112 cm³/mol. The molecule has 0 amide bonds. The van der Waals surface area contributed by atoms with E-state index in [4.69, 9.17) is 9.47 Å². The second-order valence-corrected chi connectivity index (χ2v) is 8.85. The Bertz CT molecular complexity index is 959.